The molecule has 1 fully saturated rings. The summed E-state index contributed by atoms with van der Waals surface area (Å²) < 4.78 is 5.95. The molecule has 2 rings (SSSR count). The summed E-state index contributed by atoms with van der Waals surface area (Å²) in [6.07, 6.45) is 1.89. The van der Waals surface area contributed by atoms with Crippen molar-refractivity contribution >= 4 is 5.97 Å². The first-order chi connectivity index (χ1) is 9.86. The molecule has 0 aromatic heterocycles. The van der Waals surface area contributed by atoms with E-state index >= 15 is 0 Å². The summed E-state index contributed by atoms with van der Waals surface area (Å²) in [6.45, 7) is 8.07. The third-order valence-electron chi connectivity index (χ3n) is 4.06. The van der Waals surface area contributed by atoms with Crippen LogP contribution in [0.3, 0.4) is 0 Å². The van der Waals surface area contributed by atoms with Crippen LogP contribution >= 0.6 is 0 Å². The fraction of sp³-hybridized carbons (Fsp3) is 0.588. The van der Waals surface area contributed by atoms with Crippen LogP contribution in [0.5, 0.6) is 5.75 Å². The normalized spacial score (nSPS) is 17.6. The maximum Gasteiger partial charge on any atom is 0.327 e. The molecular weight excluding hydrogens is 266 g/mol. The minimum Gasteiger partial charge on any atom is -0.490 e. The molecule has 4 heteroatoms. The molecule has 21 heavy (non-hydrogen) atoms. The van der Waals surface area contributed by atoms with Gasteiger partial charge in [0.1, 0.15) is 12.4 Å². The van der Waals surface area contributed by atoms with Gasteiger partial charge in [0.25, 0.3) is 0 Å². The molecular formula is C17H25NO3. The number of rotatable bonds is 7. The van der Waals surface area contributed by atoms with Gasteiger partial charge in [-0.15, -0.1) is 0 Å². The van der Waals surface area contributed by atoms with E-state index in [1.165, 1.54) is 0 Å². The van der Waals surface area contributed by atoms with Crippen molar-refractivity contribution in [2.45, 2.75) is 52.1 Å². The van der Waals surface area contributed by atoms with Crippen molar-refractivity contribution in [3.8, 4) is 5.75 Å². The SMILES string of the molecule is Cc1cccc(C)c1OCC(NC(C)C)(C(=O)O)C1CC1. The number of ether oxygens (including phenoxy) is 1. The van der Waals surface area contributed by atoms with Crippen molar-refractivity contribution in [2.24, 2.45) is 5.92 Å². The highest BCUT2D eigenvalue weighted by atomic mass is 16.5. The first-order valence-corrected chi connectivity index (χ1v) is 7.57. The zero-order valence-corrected chi connectivity index (χ0v) is 13.3. The number of hydrogen-bond donors (Lipinski definition) is 2. The van der Waals surface area contributed by atoms with Crippen molar-refractivity contribution in [3.63, 3.8) is 0 Å². The van der Waals surface area contributed by atoms with Gasteiger partial charge in [0.2, 0.25) is 0 Å². The van der Waals surface area contributed by atoms with Gasteiger partial charge in [-0.25, -0.2) is 0 Å². The lowest BCUT2D eigenvalue weighted by atomic mass is 9.93. The highest BCUT2D eigenvalue weighted by molar-refractivity contribution is 5.80. The lowest BCUT2D eigenvalue weighted by molar-refractivity contribution is -0.148. The molecule has 116 valence electrons. The van der Waals surface area contributed by atoms with Gasteiger partial charge in [-0.3, -0.25) is 10.1 Å². The number of hydrogen-bond acceptors (Lipinski definition) is 3. The molecule has 0 heterocycles. The van der Waals surface area contributed by atoms with Gasteiger partial charge in [-0.2, -0.15) is 0 Å². The standard InChI is InChI=1S/C17H25NO3/c1-11(2)18-17(16(19)20,14-8-9-14)10-21-15-12(3)6-5-7-13(15)4/h5-7,11,14,18H,8-10H2,1-4H3,(H,19,20). The maximum atomic E-state index is 11.9. The second-order valence-corrected chi connectivity index (χ2v) is 6.36. The van der Waals surface area contributed by atoms with Gasteiger partial charge >= 0.3 is 5.97 Å². The van der Waals surface area contributed by atoms with Crippen LogP contribution in [0.2, 0.25) is 0 Å². The number of aliphatic carboxylic acids is 1. The number of carbonyl (C=O) groups is 1. The fourth-order valence-electron chi connectivity index (χ4n) is 2.88. The molecule has 1 saturated carbocycles. The minimum absolute atomic E-state index is 0.100. The van der Waals surface area contributed by atoms with Gasteiger partial charge in [0.15, 0.2) is 5.54 Å². The van der Waals surface area contributed by atoms with Crippen LogP contribution in [0.1, 0.15) is 37.8 Å². The van der Waals surface area contributed by atoms with E-state index in [1.807, 2.05) is 45.9 Å². The number of carboxylic acid groups (broad SMARTS) is 1. The predicted molar refractivity (Wildman–Crippen MR) is 82.8 cm³/mol. The summed E-state index contributed by atoms with van der Waals surface area (Å²) in [5, 5.41) is 13.0. The molecule has 1 atom stereocenters. The Hall–Kier alpha value is -1.55. The van der Waals surface area contributed by atoms with Gasteiger partial charge in [0, 0.05) is 6.04 Å². The van der Waals surface area contributed by atoms with Crippen LogP contribution in [0.25, 0.3) is 0 Å². The Morgan fingerprint density at radius 2 is 1.95 bits per heavy atom. The summed E-state index contributed by atoms with van der Waals surface area (Å²) in [6, 6.07) is 6.05. The van der Waals surface area contributed by atoms with Crippen LogP contribution in [-0.2, 0) is 4.79 Å². The number of nitrogens with one attached hydrogen (secondary N) is 1. The quantitative estimate of drug-likeness (QED) is 0.811. The largest absolute Gasteiger partial charge is 0.490 e. The second-order valence-electron chi connectivity index (χ2n) is 6.36. The molecule has 0 amide bonds. The third-order valence-corrected chi connectivity index (χ3v) is 4.06. The van der Waals surface area contributed by atoms with E-state index in [0.717, 1.165) is 29.7 Å². The van der Waals surface area contributed by atoms with Crippen molar-refractivity contribution in [1.29, 1.82) is 0 Å². The molecule has 1 unspecified atom stereocenters. The highest BCUT2D eigenvalue weighted by Crippen LogP contribution is 2.41. The van der Waals surface area contributed by atoms with E-state index in [0.29, 0.717) is 0 Å². The molecule has 0 aliphatic heterocycles. The van der Waals surface area contributed by atoms with Gasteiger partial charge in [-0.05, 0) is 57.6 Å². The zero-order chi connectivity index (χ0) is 15.6. The van der Waals surface area contributed by atoms with Gasteiger partial charge in [0.05, 0.1) is 0 Å². The lowest BCUT2D eigenvalue weighted by Crippen LogP contribution is -2.60. The molecule has 1 aromatic carbocycles. The summed E-state index contributed by atoms with van der Waals surface area (Å²) in [7, 11) is 0. The highest BCUT2D eigenvalue weighted by Gasteiger charge is 2.52. The average molecular weight is 291 g/mol. The predicted octanol–water partition coefficient (Wildman–Crippen LogP) is 2.91. The minimum atomic E-state index is -0.983. The first-order valence-electron chi connectivity index (χ1n) is 7.57. The molecule has 1 aliphatic rings. The summed E-state index contributed by atoms with van der Waals surface area (Å²) in [4.78, 5) is 11.9. The lowest BCUT2D eigenvalue weighted by Gasteiger charge is -2.33. The van der Waals surface area contributed by atoms with Crippen LogP contribution in [0.15, 0.2) is 18.2 Å². The van der Waals surface area contributed by atoms with Gasteiger partial charge < -0.3 is 9.84 Å². The van der Waals surface area contributed by atoms with E-state index in [4.69, 9.17) is 4.74 Å². The number of para-hydroxylation sites is 1. The topological polar surface area (TPSA) is 58.6 Å². The average Bonchev–Trinajstić information content (AvgIpc) is 3.20. The van der Waals surface area contributed by atoms with E-state index in [9.17, 15) is 9.90 Å². The molecule has 1 aromatic rings. The molecule has 0 bridgehead atoms. The van der Waals surface area contributed by atoms with E-state index < -0.39 is 11.5 Å². The molecule has 1 aliphatic carbocycles. The fourth-order valence-corrected chi connectivity index (χ4v) is 2.88. The van der Waals surface area contributed by atoms with Crippen LogP contribution in [0.4, 0.5) is 0 Å². The smallest absolute Gasteiger partial charge is 0.327 e. The zero-order valence-electron chi connectivity index (χ0n) is 13.3. The van der Waals surface area contributed by atoms with E-state index in [2.05, 4.69) is 5.32 Å². The molecule has 0 spiro atoms. The number of aryl methyl sites for hydroxylation is 2. The molecule has 0 radical (unpaired) electrons. The maximum absolute atomic E-state index is 11.9. The second kappa shape index (κ2) is 6.06. The Kier molecular flexibility index (Phi) is 4.57. The third kappa shape index (κ3) is 3.38. The van der Waals surface area contributed by atoms with E-state index in [1.54, 1.807) is 0 Å². The number of benzene rings is 1. The van der Waals surface area contributed by atoms with Gasteiger partial charge in [-0.1, -0.05) is 18.2 Å². The molecule has 4 nitrogen and oxygen atoms in total. The Morgan fingerprint density at radius 1 is 1.38 bits per heavy atom. The monoisotopic (exact) mass is 291 g/mol. The number of carboxylic acids is 1. The Bertz CT molecular complexity index is 503. The Balaban J connectivity index is 2.21. The van der Waals surface area contributed by atoms with Crippen LogP contribution in [0, 0.1) is 19.8 Å². The van der Waals surface area contributed by atoms with Crippen molar-refractivity contribution in [1.82, 2.24) is 5.32 Å². The molecule has 0 saturated heterocycles. The van der Waals surface area contributed by atoms with E-state index in [-0.39, 0.29) is 18.6 Å². The Morgan fingerprint density at radius 3 is 2.38 bits per heavy atom. The molecule has 2 N–H and O–H groups in total. The van der Waals surface area contributed by atoms with Crippen molar-refractivity contribution in [2.75, 3.05) is 6.61 Å². The summed E-state index contributed by atoms with van der Waals surface area (Å²) in [5.41, 5.74) is 1.09. The summed E-state index contributed by atoms with van der Waals surface area (Å²) >= 11 is 0. The van der Waals surface area contributed by atoms with Crippen molar-refractivity contribution < 1.29 is 14.6 Å². The van der Waals surface area contributed by atoms with Crippen LogP contribution in [-0.4, -0.2) is 29.3 Å². The van der Waals surface area contributed by atoms with Crippen molar-refractivity contribution in [3.05, 3.63) is 29.3 Å². The summed E-state index contributed by atoms with van der Waals surface area (Å²) in [5.74, 6) is 0.140. The Labute approximate surface area is 126 Å². The first kappa shape index (κ1) is 15.8. The van der Waals surface area contributed by atoms with Crippen LogP contribution < -0.4 is 10.1 Å².